The van der Waals surface area contributed by atoms with Crippen molar-refractivity contribution in [2.45, 2.75) is 25.5 Å². The smallest absolute Gasteiger partial charge is 0.324 e. The fourth-order valence-corrected chi connectivity index (χ4v) is 7.10. The van der Waals surface area contributed by atoms with Gasteiger partial charge in [0.25, 0.3) is 0 Å². The molecule has 2 fully saturated rings. The average molecular weight is 643 g/mol. The highest BCUT2D eigenvalue weighted by Gasteiger charge is 2.38. The van der Waals surface area contributed by atoms with Gasteiger partial charge in [0, 0.05) is 57.3 Å². The van der Waals surface area contributed by atoms with E-state index in [1.165, 1.54) is 42.5 Å². The Labute approximate surface area is 260 Å². The summed E-state index contributed by atoms with van der Waals surface area (Å²) in [7, 11) is 3.17. The second-order valence-corrected chi connectivity index (χ2v) is 12.4. The molecule has 1 amide bonds. The quantitative estimate of drug-likeness (QED) is 0.267. The van der Waals surface area contributed by atoms with Crippen molar-refractivity contribution in [2.24, 2.45) is 0 Å². The number of allylic oxidation sites excluding steroid dienone is 1. The number of hydrogen-bond acceptors (Lipinski definition) is 14. The van der Waals surface area contributed by atoms with Gasteiger partial charge >= 0.3 is 5.97 Å². The molecule has 2 aromatic heterocycles. The van der Waals surface area contributed by atoms with Gasteiger partial charge in [-0.3, -0.25) is 24.9 Å². The highest BCUT2D eigenvalue weighted by atomic mass is 32.2. The van der Waals surface area contributed by atoms with E-state index in [0.717, 1.165) is 5.69 Å². The van der Waals surface area contributed by atoms with E-state index < -0.39 is 18.1 Å². The fraction of sp³-hybridized carbons (Fsp3) is 0.444. The van der Waals surface area contributed by atoms with Crippen molar-refractivity contribution < 1.29 is 23.8 Å². The molecule has 3 aliphatic heterocycles. The number of nitriles is 1. The fourth-order valence-electron chi connectivity index (χ4n) is 5.35. The number of benzene rings is 1. The van der Waals surface area contributed by atoms with E-state index in [1.807, 2.05) is 28.8 Å². The molecule has 0 aliphatic carbocycles. The number of esters is 1. The summed E-state index contributed by atoms with van der Waals surface area (Å²) in [5.41, 5.74) is 5.30. The minimum Gasteiger partial charge on any atom is -0.468 e. The Morgan fingerprint density at radius 1 is 1.25 bits per heavy atom. The Kier molecular flexibility index (Phi) is 8.35. The van der Waals surface area contributed by atoms with Crippen LogP contribution in [0.3, 0.4) is 0 Å². The van der Waals surface area contributed by atoms with E-state index >= 15 is 0 Å². The van der Waals surface area contributed by atoms with Crippen LogP contribution in [0.25, 0.3) is 10.7 Å². The summed E-state index contributed by atoms with van der Waals surface area (Å²) in [5, 5.41) is 26.7. The lowest BCUT2D eigenvalue weighted by Gasteiger charge is -2.42. The molecule has 5 heterocycles. The van der Waals surface area contributed by atoms with Gasteiger partial charge in [0.15, 0.2) is 5.82 Å². The molecule has 0 unspecified atom stereocenters. The van der Waals surface area contributed by atoms with Crippen LogP contribution in [0.2, 0.25) is 0 Å². The van der Waals surface area contributed by atoms with Crippen LogP contribution in [-0.2, 0) is 20.7 Å². The summed E-state index contributed by atoms with van der Waals surface area (Å²) in [6, 6.07) is 7.48. The molecule has 232 valence electrons. The minimum absolute atomic E-state index is 0.0649. The number of likely N-dealkylation sites (tertiary alicyclic amines) is 1. The molecule has 0 radical (unpaired) electrons. The summed E-state index contributed by atoms with van der Waals surface area (Å²) in [4.78, 5) is 36.8. The molecule has 44 heavy (non-hydrogen) atoms. The second kappa shape index (κ2) is 12.2. The predicted molar refractivity (Wildman–Crippen MR) is 162 cm³/mol. The Balaban J connectivity index is 1.21. The van der Waals surface area contributed by atoms with Crippen molar-refractivity contribution >= 4 is 56.8 Å². The van der Waals surface area contributed by atoms with Crippen LogP contribution in [0.4, 0.5) is 15.3 Å². The third-order valence-corrected chi connectivity index (χ3v) is 9.74. The maximum Gasteiger partial charge on any atom is 0.324 e. The molecule has 1 atom stereocenters. The number of aliphatic hydroxyl groups is 1. The van der Waals surface area contributed by atoms with Crippen LogP contribution in [0.15, 0.2) is 29.2 Å². The van der Waals surface area contributed by atoms with Crippen LogP contribution >= 0.6 is 23.3 Å². The summed E-state index contributed by atoms with van der Waals surface area (Å²) in [6.07, 6.45) is 0.146. The molecule has 0 bridgehead atoms. The number of hydrogen-bond donors (Lipinski definition) is 2. The van der Waals surface area contributed by atoms with Gasteiger partial charge in [-0.05, 0) is 30.7 Å². The number of nitrogens with one attached hydrogen (secondary N) is 1. The number of ether oxygens (including phenoxy) is 1. The van der Waals surface area contributed by atoms with Gasteiger partial charge in [-0.25, -0.2) is 9.37 Å². The zero-order valence-corrected chi connectivity index (χ0v) is 25.9. The topological polar surface area (TPSA) is 146 Å². The molecule has 0 saturated carbocycles. The number of fused-ring (bicyclic) bond motifs is 1. The number of methoxy groups -OCH3 is 1. The Hall–Kier alpha value is -3.95. The number of carbonyl (C=O) groups is 2. The molecule has 2 saturated heterocycles. The number of amides is 1. The molecule has 3 aromatic rings. The first-order chi connectivity index (χ1) is 21.2. The minimum atomic E-state index is -0.668. The van der Waals surface area contributed by atoms with Crippen molar-refractivity contribution in [1.29, 1.82) is 5.26 Å². The number of carbonyl (C=O) groups excluding carboxylic acids is 2. The highest BCUT2D eigenvalue weighted by molar-refractivity contribution is 8.01. The first-order valence-corrected chi connectivity index (χ1v) is 15.6. The number of aliphatic hydroxyl groups excluding tert-OH is 1. The standard InChI is InChI=1S/C27H31FN10O4S2/c1-4-19-24(33(2)38-31-23(21(11-29)44-38)16-5-7-17(28)8-6-16)37-26(30-19)43-27(32-37)35-10-9-34(20(14-35)25(41)42-3)15-22(40)36-12-18(39)13-36/h5-8,18,20,31,39H,4,9-10,12-15H2,1-3H3/t20-/m1/s1. The lowest BCUT2D eigenvalue weighted by atomic mass is 10.1. The number of aromatic nitrogens is 3. The van der Waals surface area contributed by atoms with Crippen molar-refractivity contribution in [3.8, 4) is 6.07 Å². The molecular formula is C27H31FN10O4S2. The van der Waals surface area contributed by atoms with E-state index in [4.69, 9.17) is 14.8 Å². The van der Waals surface area contributed by atoms with Gasteiger partial charge in [-0.15, -0.1) is 5.10 Å². The zero-order valence-electron chi connectivity index (χ0n) is 24.3. The van der Waals surface area contributed by atoms with Crippen LogP contribution in [0.5, 0.6) is 0 Å². The van der Waals surface area contributed by atoms with Crippen LogP contribution in [0.1, 0.15) is 18.2 Å². The largest absolute Gasteiger partial charge is 0.468 e. The van der Waals surface area contributed by atoms with Crippen molar-refractivity contribution in [3.05, 3.63) is 46.2 Å². The molecule has 3 aliphatic rings. The predicted octanol–water partition coefficient (Wildman–Crippen LogP) is 1.07. The lowest BCUT2D eigenvalue weighted by molar-refractivity contribution is -0.150. The molecule has 14 nitrogen and oxygen atoms in total. The number of anilines is 2. The van der Waals surface area contributed by atoms with Crippen molar-refractivity contribution in [1.82, 2.24) is 34.3 Å². The maximum absolute atomic E-state index is 13.5. The number of rotatable bonds is 8. The summed E-state index contributed by atoms with van der Waals surface area (Å²) in [5.74, 6) is -0.222. The Morgan fingerprint density at radius 3 is 2.66 bits per heavy atom. The van der Waals surface area contributed by atoms with E-state index in [9.17, 15) is 24.3 Å². The third kappa shape index (κ3) is 5.55. The first-order valence-electron chi connectivity index (χ1n) is 14.0. The normalized spacial score (nSPS) is 19.7. The lowest BCUT2D eigenvalue weighted by Crippen LogP contribution is -2.61. The van der Waals surface area contributed by atoms with Gasteiger partial charge in [-0.2, -0.15) is 9.78 Å². The van der Waals surface area contributed by atoms with E-state index in [2.05, 4.69) is 11.5 Å². The van der Waals surface area contributed by atoms with Crippen molar-refractivity contribution in [3.63, 3.8) is 0 Å². The van der Waals surface area contributed by atoms with Gasteiger partial charge in [-0.1, -0.05) is 22.8 Å². The number of piperazine rings is 1. The highest BCUT2D eigenvalue weighted by Crippen LogP contribution is 2.38. The van der Waals surface area contributed by atoms with Gasteiger partial charge in [0.1, 0.15) is 22.8 Å². The zero-order chi connectivity index (χ0) is 31.1. The van der Waals surface area contributed by atoms with Crippen molar-refractivity contribution in [2.75, 3.05) is 63.3 Å². The summed E-state index contributed by atoms with van der Waals surface area (Å²) >= 11 is 2.60. The van der Waals surface area contributed by atoms with E-state index in [-0.39, 0.29) is 24.8 Å². The molecule has 0 spiro atoms. The molecule has 17 heteroatoms. The van der Waals surface area contributed by atoms with Gasteiger partial charge in [0.05, 0.1) is 31.1 Å². The van der Waals surface area contributed by atoms with Crippen LogP contribution < -0.4 is 15.3 Å². The number of hydrazine groups is 2. The number of halogens is 1. The SMILES string of the molecule is CCc1nc2sc(N3CCN(CC(=O)N4CC(O)C4)[C@@H](C(=O)OC)C3)nn2c1N(C)N1NC(c2ccc(F)cc2)=C(C#N)S1. The van der Waals surface area contributed by atoms with Gasteiger partial charge < -0.3 is 19.6 Å². The van der Waals surface area contributed by atoms with Crippen LogP contribution in [0, 0.1) is 17.1 Å². The second-order valence-electron chi connectivity index (χ2n) is 10.5. The number of aryl methyl sites for hydroxylation is 1. The molecule has 6 rings (SSSR count). The average Bonchev–Trinajstić information content (AvgIpc) is 3.72. The van der Waals surface area contributed by atoms with Gasteiger partial charge in [0.2, 0.25) is 16.0 Å². The first kappa shape index (κ1) is 30.1. The monoisotopic (exact) mass is 642 g/mol. The van der Waals surface area contributed by atoms with E-state index in [1.54, 1.807) is 26.1 Å². The number of imidazole rings is 1. The summed E-state index contributed by atoms with van der Waals surface area (Å²) in [6.45, 7) is 3.95. The maximum atomic E-state index is 13.5. The Bertz CT molecular complexity index is 1650. The summed E-state index contributed by atoms with van der Waals surface area (Å²) < 4.78 is 22.1. The molecular weight excluding hydrogens is 611 g/mol. The number of β-amino-alcohol motifs (C(OH)–C–C–N with tert-alkyl or cyclic N) is 1. The molecule has 2 N–H and O–H groups in total. The van der Waals surface area contributed by atoms with Crippen LogP contribution in [-0.4, -0.2) is 111 Å². The third-order valence-electron chi connectivity index (χ3n) is 7.79. The number of nitrogens with zero attached hydrogens (tertiary/aromatic N) is 9. The molecule has 1 aromatic carbocycles. The Morgan fingerprint density at radius 2 is 2.00 bits per heavy atom. The van der Waals surface area contributed by atoms with E-state index in [0.29, 0.717) is 64.7 Å².